The number of aromatic hydroxyl groups is 1. The van der Waals surface area contributed by atoms with Gasteiger partial charge in [0.05, 0.1) is 0 Å². The number of halogens is 1. The highest BCUT2D eigenvalue weighted by Gasteiger charge is 2.31. The van der Waals surface area contributed by atoms with Crippen molar-refractivity contribution in [1.82, 2.24) is 0 Å². The molecule has 1 aromatic rings. The molecule has 1 aliphatic rings. The van der Waals surface area contributed by atoms with E-state index in [-0.39, 0.29) is 11.3 Å². The normalized spacial score (nSPS) is 20.1. The van der Waals surface area contributed by atoms with Gasteiger partial charge in [-0.15, -0.1) is 0 Å². The Morgan fingerprint density at radius 1 is 1.20 bits per heavy atom. The van der Waals surface area contributed by atoms with Crippen LogP contribution in [0.4, 0.5) is 0 Å². The fraction of sp³-hybridized carbons (Fsp3) is 0.500. The Morgan fingerprint density at radius 3 is 2.53 bits per heavy atom. The monoisotopic (exact) mass is 225 g/mol. The molecule has 0 aromatic heterocycles. The van der Waals surface area contributed by atoms with Gasteiger partial charge in [0.2, 0.25) is 0 Å². The summed E-state index contributed by atoms with van der Waals surface area (Å²) in [6.45, 7) is 0. The maximum atomic E-state index is 9.47. The first-order chi connectivity index (χ1) is 7.12. The van der Waals surface area contributed by atoms with E-state index >= 15 is 0 Å². The molecule has 0 unspecified atom stereocenters. The summed E-state index contributed by atoms with van der Waals surface area (Å²) in [5.74, 6) is 0.241. The number of rotatable bonds is 1. The van der Waals surface area contributed by atoms with E-state index in [1.807, 2.05) is 0 Å². The van der Waals surface area contributed by atoms with Crippen LogP contribution in [0.2, 0.25) is 5.02 Å². The zero-order valence-corrected chi connectivity index (χ0v) is 9.43. The predicted octanol–water partition coefficient (Wildman–Crippen LogP) is 3.16. The summed E-state index contributed by atoms with van der Waals surface area (Å²) in [5.41, 5.74) is 6.91. The Bertz CT molecular complexity index is 359. The third-order valence-electron chi connectivity index (χ3n) is 3.23. The molecule has 2 nitrogen and oxygen atoms in total. The number of phenolic OH excluding ortho intramolecular Hbond substituents is 1. The average molecular weight is 226 g/mol. The second kappa shape index (κ2) is 4.03. The van der Waals surface area contributed by atoms with E-state index in [4.69, 9.17) is 17.3 Å². The van der Waals surface area contributed by atoms with Crippen molar-refractivity contribution in [1.29, 1.82) is 0 Å². The highest BCUT2D eigenvalue weighted by Crippen LogP contribution is 2.39. The van der Waals surface area contributed by atoms with Crippen molar-refractivity contribution in [2.45, 2.75) is 37.6 Å². The molecule has 0 saturated heterocycles. The summed E-state index contributed by atoms with van der Waals surface area (Å²) < 4.78 is 0. The van der Waals surface area contributed by atoms with Crippen LogP contribution in [0.15, 0.2) is 18.2 Å². The lowest BCUT2D eigenvalue weighted by atomic mass is 9.77. The maximum Gasteiger partial charge on any atom is 0.116 e. The molecule has 15 heavy (non-hydrogen) atoms. The van der Waals surface area contributed by atoms with E-state index in [0.717, 1.165) is 31.2 Å². The van der Waals surface area contributed by atoms with Crippen LogP contribution in [0.25, 0.3) is 0 Å². The van der Waals surface area contributed by atoms with Crippen LogP contribution in [0.5, 0.6) is 5.75 Å². The molecule has 1 aromatic carbocycles. The molecule has 0 aliphatic heterocycles. The summed E-state index contributed by atoms with van der Waals surface area (Å²) in [4.78, 5) is 0. The lowest BCUT2D eigenvalue weighted by molar-refractivity contribution is 0.301. The van der Waals surface area contributed by atoms with Crippen LogP contribution in [0.3, 0.4) is 0 Å². The van der Waals surface area contributed by atoms with Gasteiger partial charge in [0.15, 0.2) is 0 Å². The highest BCUT2D eigenvalue weighted by atomic mass is 35.5. The molecule has 0 bridgehead atoms. The summed E-state index contributed by atoms with van der Waals surface area (Å²) in [7, 11) is 0. The molecule has 1 fully saturated rings. The van der Waals surface area contributed by atoms with Crippen LogP contribution < -0.4 is 5.73 Å². The fourth-order valence-electron chi connectivity index (χ4n) is 2.35. The van der Waals surface area contributed by atoms with Crippen molar-refractivity contribution in [3.63, 3.8) is 0 Å². The van der Waals surface area contributed by atoms with Crippen molar-refractivity contribution in [2.24, 2.45) is 5.73 Å². The molecule has 0 heterocycles. The molecule has 1 saturated carbocycles. The van der Waals surface area contributed by atoms with Crippen molar-refractivity contribution in [2.75, 3.05) is 0 Å². The Hall–Kier alpha value is -0.730. The number of hydrogen-bond donors (Lipinski definition) is 2. The second-order valence-corrected chi connectivity index (χ2v) is 4.79. The average Bonchev–Trinajstić information content (AvgIpc) is 2.23. The highest BCUT2D eigenvalue weighted by molar-refractivity contribution is 6.31. The zero-order chi connectivity index (χ0) is 10.9. The van der Waals surface area contributed by atoms with Crippen LogP contribution in [-0.4, -0.2) is 5.11 Å². The van der Waals surface area contributed by atoms with Crippen molar-refractivity contribution < 1.29 is 5.11 Å². The van der Waals surface area contributed by atoms with Gasteiger partial charge >= 0.3 is 0 Å². The Balaban J connectivity index is 2.38. The summed E-state index contributed by atoms with van der Waals surface area (Å²) in [5, 5.41) is 10.1. The van der Waals surface area contributed by atoms with E-state index in [9.17, 15) is 5.11 Å². The molecular weight excluding hydrogens is 210 g/mol. The number of nitrogens with two attached hydrogens (primary N) is 1. The first kappa shape index (κ1) is 10.8. The molecule has 1 aliphatic carbocycles. The van der Waals surface area contributed by atoms with E-state index in [1.54, 1.807) is 18.2 Å². The minimum absolute atomic E-state index is 0.241. The molecule has 3 N–H and O–H groups in total. The molecule has 3 heteroatoms. The largest absolute Gasteiger partial charge is 0.508 e. The van der Waals surface area contributed by atoms with Gasteiger partial charge in [-0.2, -0.15) is 0 Å². The second-order valence-electron chi connectivity index (χ2n) is 4.38. The topological polar surface area (TPSA) is 46.2 Å². The van der Waals surface area contributed by atoms with Gasteiger partial charge in [-0.1, -0.05) is 30.9 Å². The smallest absolute Gasteiger partial charge is 0.116 e. The number of phenols is 1. The van der Waals surface area contributed by atoms with Gasteiger partial charge in [-0.05, 0) is 36.6 Å². The Labute approximate surface area is 95.1 Å². The number of benzene rings is 1. The predicted molar refractivity (Wildman–Crippen MR) is 62.1 cm³/mol. The van der Waals surface area contributed by atoms with Gasteiger partial charge < -0.3 is 10.8 Å². The Kier molecular flexibility index (Phi) is 2.89. The quantitative estimate of drug-likeness (QED) is 0.771. The summed E-state index contributed by atoms with van der Waals surface area (Å²) in [6, 6.07) is 5.01. The van der Waals surface area contributed by atoms with Crippen LogP contribution in [-0.2, 0) is 5.54 Å². The number of hydrogen-bond acceptors (Lipinski definition) is 2. The van der Waals surface area contributed by atoms with E-state index in [2.05, 4.69) is 0 Å². The van der Waals surface area contributed by atoms with Gasteiger partial charge in [0, 0.05) is 10.6 Å². The standard InChI is InChI=1S/C12H16ClNO/c13-11-5-4-9(15)8-10(11)12(14)6-2-1-3-7-12/h4-5,8,15H,1-3,6-7,14H2. The molecule has 2 rings (SSSR count). The van der Waals surface area contributed by atoms with E-state index < -0.39 is 0 Å². The van der Waals surface area contributed by atoms with E-state index in [1.165, 1.54) is 6.42 Å². The lowest BCUT2D eigenvalue weighted by Gasteiger charge is -2.34. The van der Waals surface area contributed by atoms with E-state index in [0.29, 0.717) is 5.02 Å². The molecule has 0 spiro atoms. The zero-order valence-electron chi connectivity index (χ0n) is 8.67. The summed E-state index contributed by atoms with van der Waals surface area (Å²) >= 11 is 6.13. The Morgan fingerprint density at radius 2 is 1.87 bits per heavy atom. The van der Waals surface area contributed by atoms with Crippen molar-refractivity contribution in [3.8, 4) is 5.75 Å². The molecule has 0 amide bonds. The third kappa shape index (κ3) is 2.11. The SMILES string of the molecule is NC1(c2cc(O)ccc2Cl)CCCCC1. The minimum Gasteiger partial charge on any atom is -0.508 e. The minimum atomic E-state index is -0.339. The van der Waals surface area contributed by atoms with Crippen LogP contribution in [0.1, 0.15) is 37.7 Å². The first-order valence-electron chi connectivity index (χ1n) is 5.40. The molecule has 0 radical (unpaired) electrons. The van der Waals surface area contributed by atoms with Gasteiger partial charge in [-0.3, -0.25) is 0 Å². The maximum absolute atomic E-state index is 9.47. The molecule has 0 atom stereocenters. The van der Waals surface area contributed by atoms with Crippen molar-refractivity contribution >= 4 is 11.6 Å². The fourth-order valence-corrected chi connectivity index (χ4v) is 2.65. The van der Waals surface area contributed by atoms with Crippen LogP contribution in [0, 0.1) is 0 Å². The third-order valence-corrected chi connectivity index (χ3v) is 3.56. The molecule has 82 valence electrons. The van der Waals surface area contributed by atoms with Gasteiger partial charge in [0.1, 0.15) is 5.75 Å². The van der Waals surface area contributed by atoms with Crippen molar-refractivity contribution in [3.05, 3.63) is 28.8 Å². The van der Waals surface area contributed by atoms with Crippen LogP contribution >= 0.6 is 11.6 Å². The van der Waals surface area contributed by atoms with Gasteiger partial charge in [0.25, 0.3) is 0 Å². The van der Waals surface area contributed by atoms with Gasteiger partial charge in [-0.25, -0.2) is 0 Å². The first-order valence-corrected chi connectivity index (χ1v) is 5.77. The molecular formula is C12H16ClNO. The lowest BCUT2D eigenvalue weighted by Crippen LogP contribution is -2.38. The summed E-state index contributed by atoms with van der Waals surface area (Å²) in [6.07, 6.45) is 5.44.